The first-order chi connectivity index (χ1) is 7.84. The molecule has 1 aromatic carbocycles. The van der Waals surface area contributed by atoms with Gasteiger partial charge in [0.05, 0.1) is 0 Å². The highest BCUT2D eigenvalue weighted by Gasteiger charge is 2.36. The van der Waals surface area contributed by atoms with Gasteiger partial charge in [0.25, 0.3) is 0 Å². The van der Waals surface area contributed by atoms with E-state index in [-0.39, 0.29) is 6.04 Å². The summed E-state index contributed by atoms with van der Waals surface area (Å²) in [4.78, 5) is 2.59. The van der Waals surface area contributed by atoms with Gasteiger partial charge in [-0.05, 0) is 43.8 Å². The molecule has 3 heterocycles. The highest BCUT2D eigenvalue weighted by molar-refractivity contribution is 5.20. The van der Waals surface area contributed by atoms with Crippen molar-refractivity contribution >= 4 is 0 Å². The summed E-state index contributed by atoms with van der Waals surface area (Å²) in [7, 11) is 0. The van der Waals surface area contributed by atoms with Crippen LogP contribution < -0.4 is 5.73 Å². The summed E-state index contributed by atoms with van der Waals surface area (Å²) in [5.74, 6) is 0.935. The van der Waals surface area contributed by atoms with Gasteiger partial charge in [-0.25, -0.2) is 0 Å². The molecule has 0 aromatic heterocycles. The van der Waals surface area contributed by atoms with E-state index in [0.29, 0.717) is 6.04 Å². The lowest BCUT2D eigenvalue weighted by molar-refractivity contribution is 0.0356. The van der Waals surface area contributed by atoms with Crippen LogP contribution in [0.4, 0.5) is 0 Å². The van der Waals surface area contributed by atoms with E-state index < -0.39 is 0 Å². The maximum absolute atomic E-state index is 6.41. The minimum absolute atomic E-state index is 0.198. The predicted molar refractivity (Wildman–Crippen MR) is 66.1 cm³/mol. The molecule has 0 unspecified atom stereocenters. The molecule has 1 aromatic rings. The third-order valence-electron chi connectivity index (χ3n) is 4.29. The second-order valence-electron chi connectivity index (χ2n) is 5.22. The van der Waals surface area contributed by atoms with Gasteiger partial charge in [0, 0.05) is 12.1 Å². The molecular formula is C14H20N2. The van der Waals surface area contributed by atoms with Gasteiger partial charge in [0.15, 0.2) is 0 Å². The molecule has 0 amide bonds. The summed E-state index contributed by atoms with van der Waals surface area (Å²) in [5, 5.41) is 0. The van der Waals surface area contributed by atoms with Gasteiger partial charge in [0.1, 0.15) is 0 Å². The smallest absolute Gasteiger partial charge is 0.0453 e. The first kappa shape index (κ1) is 10.3. The Morgan fingerprint density at radius 1 is 1.12 bits per heavy atom. The van der Waals surface area contributed by atoms with Crippen molar-refractivity contribution in [1.82, 2.24) is 4.90 Å². The average molecular weight is 216 g/mol. The van der Waals surface area contributed by atoms with Gasteiger partial charge >= 0.3 is 0 Å². The second kappa shape index (κ2) is 4.19. The van der Waals surface area contributed by atoms with Crippen molar-refractivity contribution in [1.29, 1.82) is 0 Å². The fraction of sp³-hybridized carbons (Fsp3) is 0.571. The maximum atomic E-state index is 6.41. The highest BCUT2D eigenvalue weighted by atomic mass is 15.2. The van der Waals surface area contributed by atoms with Crippen LogP contribution in [-0.2, 0) is 0 Å². The molecule has 3 aliphatic rings. The number of rotatable bonds is 2. The van der Waals surface area contributed by atoms with Crippen LogP contribution in [0.1, 0.15) is 30.9 Å². The van der Waals surface area contributed by atoms with Crippen molar-refractivity contribution in [3.8, 4) is 0 Å². The van der Waals surface area contributed by atoms with Gasteiger partial charge < -0.3 is 5.73 Å². The fourth-order valence-electron chi connectivity index (χ4n) is 3.28. The third kappa shape index (κ3) is 1.76. The SMILES string of the molecule is N[C@@H](c1ccccc1)[C@@H]1CC2CCN1CC2. The molecule has 4 rings (SSSR count). The standard InChI is InChI=1S/C14H20N2/c15-14(12-4-2-1-3-5-12)13-10-11-6-8-16(13)9-7-11/h1-5,11,13-14H,6-10,15H2/t13-,14-/m0/s1. The minimum atomic E-state index is 0.198. The van der Waals surface area contributed by atoms with Crippen LogP contribution in [0.25, 0.3) is 0 Å². The van der Waals surface area contributed by atoms with Crippen molar-refractivity contribution in [2.45, 2.75) is 31.3 Å². The molecule has 0 spiro atoms. The molecule has 2 bridgehead atoms. The summed E-state index contributed by atoms with van der Waals surface area (Å²) < 4.78 is 0. The van der Waals surface area contributed by atoms with Crippen LogP contribution in [0.5, 0.6) is 0 Å². The Bertz CT molecular complexity index is 341. The molecule has 3 saturated heterocycles. The van der Waals surface area contributed by atoms with Crippen molar-refractivity contribution < 1.29 is 0 Å². The molecule has 2 atom stereocenters. The Morgan fingerprint density at radius 2 is 1.81 bits per heavy atom. The van der Waals surface area contributed by atoms with Crippen molar-refractivity contribution in [2.24, 2.45) is 11.7 Å². The van der Waals surface area contributed by atoms with Crippen LogP contribution in [0.2, 0.25) is 0 Å². The van der Waals surface area contributed by atoms with E-state index in [2.05, 4.69) is 35.2 Å². The molecule has 2 N–H and O–H groups in total. The number of piperidine rings is 3. The van der Waals surface area contributed by atoms with E-state index in [9.17, 15) is 0 Å². The molecular weight excluding hydrogens is 196 g/mol. The van der Waals surface area contributed by atoms with Crippen molar-refractivity contribution in [2.75, 3.05) is 13.1 Å². The van der Waals surface area contributed by atoms with E-state index in [1.807, 2.05) is 0 Å². The van der Waals surface area contributed by atoms with Gasteiger partial charge in [-0.15, -0.1) is 0 Å². The second-order valence-corrected chi connectivity index (χ2v) is 5.22. The maximum Gasteiger partial charge on any atom is 0.0453 e. The van der Waals surface area contributed by atoms with Crippen LogP contribution in [-0.4, -0.2) is 24.0 Å². The number of nitrogens with zero attached hydrogens (tertiary/aromatic N) is 1. The molecule has 0 radical (unpaired) electrons. The van der Waals surface area contributed by atoms with Gasteiger partial charge in [-0.1, -0.05) is 30.3 Å². The normalized spacial score (nSPS) is 34.9. The Kier molecular flexibility index (Phi) is 2.70. The summed E-state index contributed by atoms with van der Waals surface area (Å²) in [6, 6.07) is 11.3. The quantitative estimate of drug-likeness (QED) is 0.821. The molecule has 16 heavy (non-hydrogen) atoms. The summed E-state index contributed by atoms with van der Waals surface area (Å²) >= 11 is 0. The topological polar surface area (TPSA) is 29.3 Å². The number of fused-ring (bicyclic) bond motifs is 3. The molecule has 86 valence electrons. The Labute approximate surface area is 97.4 Å². The minimum Gasteiger partial charge on any atom is -0.323 e. The lowest BCUT2D eigenvalue weighted by Crippen LogP contribution is -2.52. The molecule has 2 heteroatoms. The lowest BCUT2D eigenvalue weighted by atomic mass is 9.79. The molecule has 2 nitrogen and oxygen atoms in total. The largest absolute Gasteiger partial charge is 0.323 e. The fourth-order valence-corrected chi connectivity index (χ4v) is 3.28. The molecule has 0 saturated carbocycles. The Balaban J connectivity index is 1.78. The Morgan fingerprint density at radius 3 is 2.38 bits per heavy atom. The monoisotopic (exact) mass is 216 g/mol. The average Bonchev–Trinajstić information content (AvgIpc) is 2.40. The molecule has 0 aliphatic carbocycles. The van der Waals surface area contributed by atoms with Gasteiger partial charge in [-0.3, -0.25) is 4.90 Å². The van der Waals surface area contributed by atoms with E-state index in [4.69, 9.17) is 5.73 Å². The number of benzene rings is 1. The zero-order valence-electron chi connectivity index (χ0n) is 9.68. The summed E-state index contributed by atoms with van der Waals surface area (Å²) in [5.41, 5.74) is 7.71. The zero-order chi connectivity index (χ0) is 11.0. The van der Waals surface area contributed by atoms with E-state index >= 15 is 0 Å². The highest BCUT2D eigenvalue weighted by Crippen LogP contribution is 2.36. The predicted octanol–water partition coefficient (Wildman–Crippen LogP) is 2.17. The number of hydrogen-bond donors (Lipinski definition) is 1. The summed E-state index contributed by atoms with van der Waals surface area (Å²) in [6.45, 7) is 2.52. The number of hydrogen-bond acceptors (Lipinski definition) is 2. The third-order valence-corrected chi connectivity index (χ3v) is 4.29. The zero-order valence-corrected chi connectivity index (χ0v) is 9.68. The van der Waals surface area contributed by atoms with Crippen molar-refractivity contribution in [3.63, 3.8) is 0 Å². The lowest BCUT2D eigenvalue weighted by Gasteiger charge is -2.47. The Hall–Kier alpha value is -0.860. The first-order valence-electron chi connectivity index (χ1n) is 6.39. The van der Waals surface area contributed by atoms with Crippen LogP contribution in [0, 0.1) is 5.92 Å². The number of nitrogens with two attached hydrogens (primary N) is 1. The summed E-state index contributed by atoms with van der Waals surface area (Å²) in [6.07, 6.45) is 4.08. The molecule has 3 fully saturated rings. The van der Waals surface area contributed by atoms with Gasteiger partial charge in [0.2, 0.25) is 0 Å². The van der Waals surface area contributed by atoms with E-state index in [1.165, 1.54) is 37.9 Å². The van der Waals surface area contributed by atoms with Crippen molar-refractivity contribution in [3.05, 3.63) is 35.9 Å². The van der Waals surface area contributed by atoms with Crippen LogP contribution in [0.15, 0.2) is 30.3 Å². The van der Waals surface area contributed by atoms with E-state index in [1.54, 1.807) is 0 Å². The molecule has 3 aliphatic heterocycles. The first-order valence-corrected chi connectivity index (χ1v) is 6.39. The van der Waals surface area contributed by atoms with Crippen LogP contribution >= 0.6 is 0 Å². The van der Waals surface area contributed by atoms with Gasteiger partial charge in [-0.2, -0.15) is 0 Å². The van der Waals surface area contributed by atoms with Crippen LogP contribution in [0.3, 0.4) is 0 Å². The van der Waals surface area contributed by atoms with E-state index in [0.717, 1.165) is 5.92 Å².